The Morgan fingerprint density at radius 3 is 2.76 bits per heavy atom. The molecule has 0 saturated carbocycles. The Labute approximate surface area is 104 Å². The van der Waals surface area contributed by atoms with Crippen molar-refractivity contribution < 1.29 is 9.47 Å². The first-order valence-corrected chi connectivity index (χ1v) is 6.94. The molecule has 0 aromatic carbocycles. The van der Waals surface area contributed by atoms with Gasteiger partial charge in [-0.05, 0) is 32.1 Å². The number of nitrogens with two attached hydrogens (primary N) is 1. The van der Waals surface area contributed by atoms with E-state index in [0.717, 1.165) is 58.7 Å². The maximum Gasteiger partial charge on any atom is 0.0674 e. The van der Waals surface area contributed by atoms with Crippen LogP contribution in [0.15, 0.2) is 0 Å². The van der Waals surface area contributed by atoms with Gasteiger partial charge < -0.3 is 15.2 Å². The van der Waals surface area contributed by atoms with Crippen LogP contribution in [0.1, 0.15) is 26.2 Å². The van der Waals surface area contributed by atoms with Crippen LogP contribution in [-0.2, 0) is 9.47 Å². The lowest BCUT2D eigenvalue weighted by Gasteiger charge is -2.38. The van der Waals surface area contributed by atoms with Crippen molar-refractivity contribution in [2.24, 2.45) is 11.7 Å². The molecule has 4 heteroatoms. The summed E-state index contributed by atoms with van der Waals surface area (Å²) in [7, 11) is 0. The number of hydrogen-bond acceptors (Lipinski definition) is 4. The van der Waals surface area contributed by atoms with Crippen molar-refractivity contribution >= 4 is 0 Å². The Hall–Kier alpha value is -0.160. The average molecular weight is 242 g/mol. The molecule has 2 aliphatic heterocycles. The Morgan fingerprint density at radius 1 is 1.29 bits per heavy atom. The molecular weight excluding hydrogens is 216 g/mol. The normalized spacial score (nSPS) is 31.1. The molecule has 2 atom stereocenters. The molecule has 0 radical (unpaired) electrons. The molecule has 100 valence electrons. The summed E-state index contributed by atoms with van der Waals surface area (Å²) in [6.07, 6.45) is 3.79. The van der Waals surface area contributed by atoms with Gasteiger partial charge in [0, 0.05) is 45.5 Å². The van der Waals surface area contributed by atoms with Crippen molar-refractivity contribution in [2.75, 3.05) is 39.5 Å². The van der Waals surface area contributed by atoms with Gasteiger partial charge in [-0.15, -0.1) is 0 Å². The zero-order chi connectivity index (χ0) is 12.1. The number of ether oxygens (including phenoxy) is 2. The summed E-state index contributed by atoms with van der Waals surface area (Å²) in [6, 6.07) is 0.517. The van der Waals surface area contributed by atoms with Crippen LogP contribution in [0.25, 0.3) is 0 Å². The smallest absolute Gasteiger partial charge is 0.0674 e. The highest BCUT2D eigenvalue weighted by atomic mass is 16.5. The molecule has 2 heterocycles. The van der Waals surface area contributed by atoms with Crippen molar-refractivity contribution in [3.8, 4) is 0 Å². The van der Waals surface area contributed by atoms with Gasteiger partial charge in [-0.3, -0.25) is 4.90 Å². The number of nitrogens with zero attached hydrogens (tertiary/aromatic N) is 1. The quantitative estimate of drug-likeness (QED) is 0.797. The molecule has 0 bridgehead atoms. The molecule has 0 aromatic rings. The summed E-state index contributed by atoms with van der Waals surface area (Å²) in [5.41, 5.74) is 6.01. The van der Waals surface area contributed by atoms with Crippen LogP contribution in [0.2, 0.25) is 0 Å². The highest BCUT2D eigenvalue weighted by Crippen LogP contribution is 2.23. The topological polar surface area (TPSA) is 47.7 Å². The molecule has 0 aliphatic carbocycles. The molecule has 2 fully saturated rings. The second-order valence-electron chi connectivity index (χ2n) is 5.28. The molecule has 4 nitrogen and oxygen atoms in total. The minimum atomic E-state index is 0.339. The summed E-state index contributed by atoms with van der Waals surface area (Å²) in [4.78, 5) is 2.55. The summed E-state index contributed by atoms with van der Waals surface area (Å²) < 4.78 is 11.2. The predicted molar refractivity (Wildman–Crippen MR) is 68.0 cm³/mol. The molecule has 2 saturated heterocycles. The van der Waals surface area contributed by atoms with Crippen molar-refractivity contribution in [3.05, 3.63) is 0 Å². The first-order chi connectivity index (χ1) is 8.31. The van der Waals surface area contributed by atoms with Crippen LogP contribution >= 0.6 is 0 Å². The van der Waals surface area contributed by atoms with E-state index >= 15 is 0 Å². The van der Waals surface area contributed by atoms with E-state index in [4.69, 9.17) is 15.2 Å². The fourth-order valence-corrected chi connectivity index (χ4v) is 3.07. The Bertz CT molecular complexity index is 219. The third kappa shape index (κ3) is 3.65. The zero-order valence-electron chi connectivity index (χ0n) is 10.9. The molecule has 0 aromatic heterocycles. The maximum absolute atomic E-state index is 6.01. The fraction of sp³-hybridized carbons (Fsp3) is 1.00. The molecule has 0 amide bonds. The van der Waals surface area contributed by atoms with Crippen LogP contribution < -0.4 is 5.73 Å². The van der Waals surface area contributed by atoms with Crippen molar-refractivity contribution in [2.45, 2.75) is 38.3 Å². The van der Waals surface area contributed by atoms with E-state index in [9.17, 15) is 0 Å². The third-order valence-electron chi connectivity index (χ3n) is 4.00. The number of hydrogen-bond donors (Lipinski definition) is 1. The third-order valence-corrected chi connectivity index (χ3v) is 4.00. The highest BCUT2D eigenvalue weighted by Gasteiger charge is 2.29. The largest absolute Gasteiger partial charge is 0.381 e. The van der Waals surface area contributed by atoms with Crippen LogP contribution in [0, 0.1) is 5.92 Å². The van der Waals surface area contributed by atoms with Crippen LogP contribution in [0.3, 0.4) is 0 Å². The molecule has 2 aliphatic rings. The standard InChI is InChI=1S/C13H26N2O2/c1-11-10-15(5-2-6-17-11)13(9-14)12-3-7-16-8-4-12/h11-13H,2-10,14H2,1H3. The minimum Gasteiger partial charge on any atom is -0.381 e. The van der Waals surface area contributed by atoms with Gasteiger partial charge in [-0.25, -0.2) is 0 Å². The predicted octanol–water partition coefficient (Wildman–Crippen LogP) is 0.851. The van der Waals surface area contributed by atoms with E-state index in [1.165, 1.54) is 0 Å². The van der Waals surface area contributed by atoms with Gasteiger partial charge in [0.25, 0.3) is 0 Å². The number of rotatable bonds is 3. The van der Waals surface area contributed by atoms with Crippen molar-refractivity contribution in [1.82, 2.24) is 4.90 Å². The molecule has 2 N–H and O–H groups in total. The first-order valence-electron chi connectivity index (χ1n) is 6.94. The van der Waals surface area contributed by atoms with Gasteiger partial charge in [-0.1, -0.05) is 0 Å². The van der Waals surface area contributed by atoms with Gasteiger partial charge in [0.05, 0.1) is 6.10 Å². The van der Waals surface area contributed by atoms with E-state index in [1.807, 2.05) is 0 Å². The maximum atomic E-state index is 6.01. The van der Waals surface area contributed by atoms with Crippen LogP contribution in [0.5, 0.6) is 0 Å². The zero-order valence-corrected chi connectivity index (χ0v) is 10.9. The molecule has 2 unspecified atom stereocenters. The fourth-order valence-electron chi connectivity index (χ4n) is 3.07. The second-order valence-corrected chi connectivity index (χ2v) is 5.28. The van der Waals surface area contributed by atoms with Gasteiger partial charge >= 0.3 is 0 Å². The van der Waals surface area contributed by atoms with E-state index in [0.29, 0.717) is 18.1 Å². The summed E-state index contributed by atoms with van der Waals surface area (Å²) >= 11 is 0. The Morgan fingerprint density at radius 2 is 2.06 bits per heavy atom. The van der Waals surface area contributed by atoms with E-state index in [1.54, 1.807) is 0 Å². The summed E-state index contributed by atoms with van der Waals surface area (Å²) in [5, 5.41) is 0. The molecule has 17 heavy (non-hydrogen) atoms. The average Bonchev–Trinajstić information content (AvgIpc) is 2.56. The molecular formula is C13H26N2O2. The molecule has 2 rings (SSSR count). The van der Waals surface area contributed by atoms with Crippen molar-refractivity contribution in [1.29, 1.82) is 0 Å². The van der Waals surface area contributed by atoms with Crippen molar-refractivity contribution in [3.63, 3.8) is 0 Å². The lowest BCUT2D eigenvalue weighted by Crippen LogP contribution is -2.49. The summed E-state index contributed by atoms with van der Waals surface area (Å²) in [6.45, 7) is 7.78. The second kappa shape index (κ2) is 6.69. The summed E-state index contributed by atoms with van der Waals surface area (Å²) in [5.74, 6) is 0.707. The van der Waals surface area contributed by atoms with E-state index in [2.05, 4.69) is 11.8 Å². The van der Waals surface area contributed by atoms with Gasteiger partial charge in [0.2, 0.25) is 0 Å². The lowest BCUT2D eigenvalue weighted by atomic mass is 9.90. The highest BCUT2D eigenvalue weighted by molar-refractivity contribution is 4.84. The SMILES string of the molecule is CC1CN(C(CN)C2CCOCC2)CCCO1. The monoisotopic (exact) mass is 242 g/mol. The van der Waals surface area contributed by atoms with Crippen LogP contribution in [-0.4, -0.2) is 56.5 Å². The van der Waals surface area contributed by atoms with Crippen LogP contribution in [0.4, 0.5) is 0 Å². The Balaban J connectivity index is 1.94. The molecule has 0 spiro atoms. The minimum absolute atomic E-state index is 0.339. The lowest BCUT2D eigenvalue weighted by molar-refractivity contribution is 0.0167. The Kier molecular flexibility index (Phi) is 5.22. The van der Waals surface area contributed by atoms with E-state index < -0.39 is 0 Å². The van der Waals surface area contributed by atoms with E-state index in [-0.39, 0.29) is 0 Å². The van der Waals surface area contributed by atoms with Gasteiger partial charge in [0.1, 0.15) is 0 Å². The first kappa shape index (κ1) is 13.3. The van der Waals surface area contributed by atoms with Gasteiger partial charge in [0.15, 0.2) is 0 Å². The van der Waals surface area contributed by atoms with Gasteiger partial charge in [-0.2, -0.15) is 0 Å².